The molecule has 0 aliphatic carbocycles. The van der Waals surface area contributed by atoms with Crippen molar-refractivity contribution >= 4 is 12.0 Å². The van der Waals surface area contributed by atoms with Crippen molar-refractivity contribution in [3.8, 4) is 0 Å². The number of nitrogens with one attached hydrogen (secondary N) is 2. The number of carboxylic acid groups (broad SMARTS) is 1. The number of aliphatic carboxylic acids is 1. The van der Waals surface area contributed by atoms with E-state index in [9.17, 15) is 14.7 Å². The second kappa shape index (κ2) is 6.78. The van der Waals surface area contributed by atoms with E-state index in [1.807, 2.05) is 20.8 Å². The minimum Gasteiger partial charge on any atom is -0.480 e. The number of carbonyl (C=O) groups excluding carboxylic acids is 1. The van der Waals surface area contributed by atoms with Crippen molar-refractivity contribution in [2.24, 2.45) is 5.41 Å². The molecule has 19 heavy (non-hydrogen) atoms. The standard InChI is InChI=1S/C14H28N2O3/c1-7-14(8-2,9-3)16-12(19)15-10(11(17)18)13(4,5)6/h10H,7-9H2,1-6H3,(H,17,18)(H2,15,16,19)/t10-/m1/s1. The van der Waals surface area contributed by atoms with Gasteiger partial charge < -0.3 is 15.7 Å². The highest BCUT2D eigenvalue weighted by atomic mass is 16.4. The van der Waals surface area contributed by atoms with Gasteiger partial charge in [0.2, 0.25) is 0 Å². The van der Waals surface area contributed by atoms with Crippen LogP contribution in [-0.4, -0.2) is 28.7 Å². The Balaban J connectivity index is 4.81. The van der Waals surface area contributed by atoms with Crippen LogP contribution in [0.1, 0.15) is 60.8 Å². The SMILES string of the molecule is CCC(CC)(CC)NC(=O)N[C@H](C(=O)O)C(C)(C)C. The molecule has 0 aromatic carbocycles. The third-order valence-electron chi connectivity index (χ3n) is 3.80. The van der Waals surface area contributed by atoms with Crippen LogP contribution in [-0.2, 0) is 4.79 Å². The Morgan fingerprint density at radius 2 is 1.47 bits per heavy atom. The zero-order chi connectivity index (χ0) is 15.3. The topological polar surface area (TPSA) is 78.4 Å². The van der Waals surface area contributed by atoms with E-state index in [2.05, 4.69) is 10.6 Å². The molecule has 5 nitrogen and oxygen atoms in total. The Morgan fingerprint density at radius 1 is 1.05 bits per heavy atom. The molecule has 2 amide bonds. The van der Waals surface area contributed by atoms with Crippen LogP contribution in [0.15, 0.2) is 0 Å². The summed E-state index contributed by atoms with van der Waals surface area (Å²) in [4.78, 5) is 23.2. The Bertz CT molecular complexity index is 309. The summed E-state index contributed by atoms with van der Waals surface area (Å²) in [5.74, 6) is -1.02. The van der Waals surface area contributed by atoms with E-state index in [1.54, 1.807) is 20.8 Å². The molecule has 0 bridgehead atoms. The van der Waals surface area contributed by atoms with Gasteiger partial charge in [-0.2, -0.15) is 0 Å². The number of urea groups is 1. The van der Waals surface area contributed by atoms with Crippen LogP contribution in [0.4, 0.5) is 4.79 Å². The van der Waals surface area contributed by atoms with E-state index in [1.165, 1.54) is 0 Å². The lowest BCUT2D eigenvalue weighted by molar-refractivity contribution is -0.141. The van der Waals surface area contributed by atoms with Gasteiger partial charge in [0, 0.05) is 5.54 Å². The first-order valence-corrected chi connectivity index (χ1v) is 6.93. The van der Waals surface area contributed by atoms with Gasteiger partial charge in [0.1, 0.15) is 6.04 Å². The largest absolute Gasteiger partial charge is 0.480 e. The van der Waals surface area contributed by atoms with Crippen LogP contribution in [0.3, 0.4) is 0 Å². The molecule has 0 radical (unpaired) electrons. The first kappa shape index (κ1) is 17.7. The summed E-state index contributed by atoms with van der Waals surface area (Å²) < 4.78 is 0. The third-order valence-corrected chi connectivity index (χ3v) is 3.80. The molecule has 0 rings (SSSR count). The van der Waals surface area contributed by atoms with Gasteiger partial charge in [-0.15, -0.1) is 0 Å². The molecule has 0 saturated heterocycles. The minimum atomic E-state index is -1.02. The maximum Gasteiger partial charge on any atom is 0.326 e. The number of hydrogen-bond donors (Lipinski definition) is 3. The highest BCUT2D eigenvalue weighted by molar-refractivity contribution is 5.83. The summed E-state index contributed by atoms with van der Waals surface area (Å²) in [6.07, 6.45) is 2.46. The number of carboxylic acids is 1. The molecule has 0 aromatic rings. The Labute approximate surface area is 116 Å². The van der Waals surface area contributed by atoms with Gasteiger partial charge in [0.05, 0.1) is 0 Å². The first-order chi connectivity index (χ1) is 8.61. The highest BCUT2D eigenvalue weighted by Gasteiger charge is 2.34. The predicted octanol–water partition coefficient (Wildman–Crippen LogP) is 2.75. The first-order valence-electron chi connectivity index (χ1n) is 6.93. The van der Waals surface area contributed by atoms with E-state index in [-0.39, 0.29) is 5.54 Å². The van der Waals surface area contributed by atoms with Gasteiger partial charge in [0.25, 0.3) is 0 Å². The summed E-state index contributed by atoms with van der Waals surface area (Å²) in [6, 6.07) is -1.32. The molecule has 0 aliphatic rings. The van der Waals surface area contributed by atoms with Crippen LogP contribution in [0, 0.1) is 5.41 Å². The summed E-state index contributed by atoms with van der Waals surface area (Å²) in [7, 11) is 0. The normalized spacial score (nSPS) is 13.8. The van der Waals surface area contributed by atoms with Gasteiger partial charge in [-0.1, -0.05) is 41.5 Å². The third kappa shape index (κ3) is 5.09. The molecule has 1 atom stereocenters. The fourth-order valence-corrected chi connectivity index (χ4v) is 2.07. The molecule has 0 spiro atoms. The monoisotopic (exact) mass is 272 g/mol. The van der Waals surface area contributed by atoms with Crippen LogP contribution >= 0.6 is 0 Å². The smallest absolute Gasteiger partial charge is 0.326 e. The Morgan fingerprint density at radius 3 is 1.74 bits per heavy atom. The molecule has 0 aromatic heterocycles. The molecular formula is C14H28N2O3. The summed E-state index contributed by atoms with van der Waals surface area (Å²) in [5.41, 5.74) is -0.790. The van der Waals surface area contributed by atoms with Crippen molar-refractivity contribution in [3.63, 3.8) is 0 Å². The number of amides is 2. The fourth-order valence-electron chi connectivity index (χ4n) is 2.07. The fraction of sp³-hybridized carbons (Fsp3) is 0.857. The van der Waals surface area contributed by atoms with Gasteiger partial charge in [-0.25, -0.2) is 9.59 Å². The van der Waals surface area contributed by atoms with E-state index in [0.717, 1.165) is 19.3 Å². The zero-order valence-electron chi connectivity index (χ0n) is 13.0. The molecule has 0 saturated carbocycles. The second-order valence-corrected chi connectivity index (χ2v) is 6.08. The van der Waals surface area contributed by atoms with E-state index in [4.69, 9.17) is 0 Å². The van der Waals surface area contributed by atoms with Crippen molar-refractivity contribution < 1.29 is 14.7 Å². The van der Waals surface area contributed by atoms with E-state index >= 15 is 0 Å². The molecular weight excluding hydrogens is 244 g/mol. The lowest BCUT2D eigenvalue weighted by atomic mass is 9.86. The molecule has 112 valence electrons. The molecule has 0 unspecified atom stereocenters. The van der Waals surface area contributed by atoms with Gasteiger partial charge >= 0.3 is 12.0 Å². The van der Waals surface area contributed by atoms with Crippen molar-refractivity contribution in [2.75, 3.05) is 0 Å². The van der Waals surface area contributed by atoms with Crippen molar-refractivity contribution in [3.05, 3.63) is 0 Å². The molecule has 5 heteroatoms. The summed E-state index contributed by atoms with van der Waals surface area (Å²) in [5, 5.41) is 14.7. The zero-order valence-corrected chi connectivity index (χ0v) is 13.0. The predicted molar refractivity (Wildman–Crippen MR) is 76.2 cm³/mol. The van der Waals surface area contributed by atoms with Crippen LogP contribution in [0.5, 0.6) is 0 Å². The highest BCUT2D eigenvalue weighted by Crippen LogP contribution is 2.21. The minimum absolute atomic E-state index is 0.259. The lowest BCUT2D eigenvalue weighted by Gasteiger charge is -2.34. The maximum atomic E-state index is 12.0. The van der Waals surface area contributed by atoms with Crippen molar-refractivity contribution in [1.29, 1.82) is 0 Å². The summed E-state index contributed by atoms with van der Waals surface area (Å²) >= 11 is 0. The van der Waals surface area contributed by atoms with Gasteiger partial charge in [0.15, 0.2) is 0 Å². The average Bonchev–Trinajstić information content (AvgIpc) is 2.31. The molecule has 0 fully saturated rings. The van der Waals surface area contributed by atoms with Gasteiger partial charge in [-0.3, -0.25) is 0 Å². The molecule has 0 heterocycles. The van der Waals surface area contributed by atoms with Crippen molar-refractivity contribution in [2.45, 2.75) is 72.4 Å². The quantitative estimate of drug-likeness (QED) is 0.695. The number of rotatable bonds is 6. The molecule has 3 N–H and O–H groups in total. The Kier molecular flexibility index (Phi) is 6.33. The number of carbonyl (C=O) groups is 2. The van der Waals surface area contributed by atoms with Crippen LogP contribution < -0.4 is 10.6 Å². The van der Waals surface area contributed by atoms with Crippen LogP contribution in [0.25, 0.3) is 0 Å². The van der Waals surface area contributed by atoms with E-state index < -0.39 is 23.5 Å². The second-order valence-electron chi connectivity index (χ2n) is 6.08. The average molecular weight is 272 g/mol. The summed E-state index contributed by atoms with van der Waals surface area (Å²) in [6.45, 7) is 11.4. The lowest BCUT2D eigenvalue weighted by Crippen LogP contribution is -2.57. The molecule has 0 aliphatic heterocycles. The number of hydrogen-bond acceptors (Lipinski definition) is 2. The maximum absolute atomic E-state index is 12.0. The van der Waals surface area contributed by atoms with E-state index in [0.29, 0.717) is 0 Å². The van der Waals surface area contributed by atoms with Gasteiger partial charge in [-0.05, 0) is 24.7 Å². The Hall–Kier alpha value is -1.26. The van der Waals surface area contributed by atoms with Crippen LogP contribution in [0.2, 0.25) is 0 Å². The van der Waals surface area contributed by atoms with Crippen molar-refractivity contribution in [1.82, 2.24) is 10.6 Å².